The van der Waals surface area contributed by atoms with Gasteiger partial charge in [-0.05, 0) is 37.6 Å². The molecule has 0 radical (unpaired) electrons. The van der Waals surface area contributed by atoms with Crippen LogP contribution in [0.3, 0.4) is 0 Å². The SMILES string of the molecule is CCn1c(=O)/c(=C2\Sc3ccc(C)cc3N2C)s/c1=C\c1scc[n+]1Cc1ccccc1C(F)(F)F. The van der Waals surface area contributed by atoms with Crippen molar-refractivity contribution in [1.29, 1.82) is 0 Å². The molecule has 0 unspecified atom stereocenters. The molecule has 0 fully saturated rings. The van der Waals surface area contributed by atoms with E-state index < -0.39 is 11.7 Å². The zero-order chi connectivity index (χ0) is 25.6. The van der Waals surface area contributed by atoms with Gasteiger partial charge in [0.05, 0.1) is 22.7 Å². The molecule has 0 atom stereocenters. The molecule has 4 aromatic rings. The van der Waals surface area contributed by atoms with Gasteiger partial charge in [0.15, 0.2) is 12.7 Å². The molecule has 4 nitrogen and oxygen atoms in total. The summed E-state index contributed by atoms with van der Waals surface area (Å²) in [6.07, 6.45) is -0.737. The summed E-state index contributed by atoms with van der Waals surface area (Å²) in [5, 5.41) is 3.52. The average Bonchev–Trinajstić information content (AvgIpc) is 3.50. The molecule has 2 aromatic carbocycles. The number of alkyl halides is 3. The van der Waals surface area contributed by atoms with E-state index >= 15 is 0 Å². The first-order valence-electron chi connectivity index (χ1n) is 11.3. The van der Waals surface area contributed by atoms with Gasteiger partial charge < -0.3 is 4.90 Å². The van der Waals surface area contributed by atoms with E-state index in [0.717, 1.165) is 36.9 Å². The number of halogens is 3. The van der Waals surface area contributed by atoms with Crippen LogP contribution in [-0.4, -0.2) is 11.6 Å². The molecule has 3 heterocycles. The van der Waals surface area contributed by atoms with Crippen LogP contribution >= 0.6 is 34.4 Å². The Labute approximate surface area is 218 Å². The van der Waals surface area contributed by atoms with Gasteiger partial charge in [-0.15, -0.1) is 11.3 Å². The molecule has 2 aromatic heterocycles. The number of aryl methyl sites for hydroxylation is 1. The maximum atomic E-state index is 13.5. The van der Waals surface area contributed by atoms with E-state index in [1.165, 1.54) is 34.8 Å². The first kappa shape index (κ1) is 24.9. The summed E-state index contributed by atoms with van der Waals surface area (Å²) in [4.78, 5) is 16.6. The van der Waals surface area contributed by atoms with E-state index in [4.69, 9.17) is 0 Å². The molecule has 10 heteroatoms. The van der Waals surface area contributed by atoms with Gasteiger partial charge in [0.25, 0.3) is 10.6 Å². The van der Waals surface area contributed by atoms with Crippen molar-refractivity contribution < 1.29 is 17.7 Å². The molecule has 1 aliphatic heterocycles. The second-order valence-corrected chi connectivity index (χ2v) is 11.4. The Balaban J connectivity index is 1.59. The van der Waals surface area contributed by atoms with E-state index in [1.807, 2.05) is 32.4 Å². The van der Waals surface area contributed by atoms with Gasteiger partial charge in [0, 0.05) is 24.1 Å². The Bertz CT molecular complexity index is 1630. The van der Waals surface area contributed by atoms with Crippen LogP contribution in [0.2, 0.25) is 0 Å². The minimum atomic E-state index is -4.42. The number of hydrogen-bond acceptors (Lipinski definition) is 5. The lowest BCUT2D eigenvalue weighted by molar-refractivity contribution is -0.685. The highest BCUT2D eigenvalue weighted by molar-refractivity contribution is 8.08. The molecule has 0 amide bonds. The van der Waals surface area contributed by atoms with Crippen molar-refractivity contribution in [1.82, 2.24) is 4.57 Å². The summed E-state index contributed by atoms with van der Waals surface area (Å²) in [5.74, 6) is 0. The number of thiazole rings is 2. The Kier molecular flexibility index (Phi) is 6.61. The van der Waals surface area contributed by atoms with Crippen LogP contribution in [-0.2, 0) is 19.3 Å². The lowest BCUT2D eigenvalue weighted by Gasteiger charge is -2.12. The van der Waals surface area contributed by atoms with Crippen LogP contribution in [0.1, 0.15) is 28.6 Å². The molecule has 0 bridgehead atoms. The summed E-state index contributed by atoms with van der Waals surface area (Å²) >= 11 is 4.43. The van der Waals surface area contributed by atoms with Crippen molar-refractivity contribution in [2.45, 2.75) is 38.0 Å². The largest absolute Gasteiger partial charge is 0.416 e. The molecule has 0 N–H and O–H groups in total. The summed E-state index contributed by atoms with van der Waals surface area (Å²) in [7, 11) is 1.97. The van der Waals surface area contributed by atoms with E-state index in [0.29, 0.717) is 11.1 Å². The van der Waals surface area contributed by atoms with Gasteiger partial charge in [0.2, 0.25) is 0 Å². The van der Waals surface area contributed by atoms with Gasteiger partial charge in [-0.3, -0.25) is 9.36 Å². The molecule has 0 aliphatic carbocycles. The third-order valence-corrected chi connectivity index (χ3v) is 9.37. The fraction of sp³-hybridized carbons (Fsp3) is 0.231. The number of anilines is 1. The zero-order valence-corrected chi connectivity index (χ0v) is 22.2. The standard InChI is InChI=1S/C26H23F3N3OS3/c1-4-32-22(36-23(24(32)33)25-30(3)19-13-16(2)9-10-20(19)35-25)14-21-31(11-12-34-21)15-17-7-5-6-8-18(17)26(27,28)29/h5-14H,4,15H2,1-3H3/q+1/b25-23+. The zero-order valence-electron chi connectivity index (χ0n) is 19.8. The number of thioether (sulfide) groups is 1. The van der Waals surface area contributed by atoms with E-state index in [9.17, 15) is 18.0 Å². The number of nitrogens with zero attached hydrogens (tertiary/aromatic N) is 3. The lowest BCUT2D eigenvalue weighted by Crippen LogP contribution is -2.37. The Hall–Kier alpha value is -2.82. The highest BCUT2D eigenvalue weighted by Crippen LogP contribution is 2.45. The number of fused-ring (bicyclic) bond motifs is 1. The van der Waals surface area contributed by atoms with Gasteiger partial charge in [0.1, 0.15) is 14.2 Å². The van der Waals surface area contributed by atoms with Crippen molar-refractivity contribution in [2.75, 3.05) is 11.9 Å². The van der Waals surface area contributed by atoms with Gasteiger partial charge in [-0.2, -0.15) is 17.7 Å². The van der Waals surface area contributed by atoms with Crippen LogP contribution in [0.5, 0.6) is 0 Å². The maximum Gasteiger partial charge on any atom is 0.416 e. The third-order valence-electron chi connectivity index (χ3n) is 6.03. The maximum absolute atomic E-state index is 13.5. The molecule has 36 heavy (non-hydrogen) atoms. The van der Waals surface area contributed by atoms with Crippen molar-refractivity contribution in [3.63, 3.8) is 0 Å². The van der Waals surface area contributed by atoms with E-state index in [1.54, 1.807) is 33.2 Å². The molecule has 0 saturated carbocycles. The summed E-state index contributed by atoms with van der Waals surface area (Å²) in [6, 6.07) is 11.9. The van der Waals surface area contributed by atoms with Crippen molar-refractivity contribution in [3.05, 3.63) is 95.3 Å². The van der Waals surface area contributed by atoms with Crippen molar-refractivity contribution in [3.8, 4) is 0 Å². The van der Waals surface area contributed by atoms with Gasteiger partial charge in [-0.1, -0.05) is 47.4 Å². The molecule has 0 saturated heterocycles. The minimum Gasteiger partial charge on any atom is -0.337 e. The smallest absolute Gasteiger partial charge is 0.337 e. The van der Waals surface area contributed by atoms with Crippen molar-refractivity contribution in [2.24, 2.45) is 0 Å². The highest BCUT2D eigenvalue weighted by Gasteiger charge is 2.34. The fourth-order valence-corrected chi connectivity index (χ4v) is 7.51. The Morgan fingerprint density at radius 1 is 1.14 bits per heavy atom. The quantitative estimate of drug-likeness (QED) is 0.345. The Morgan fingerprint density at radius 3 is 2.67 bits per heavy atom. The molecular formula is C26H23F3N3OS3+. The number of rotatable bonds is 4. The van der Waals surface area contributed by atoms with Crippen LogP contribution in [0, 0.1) is 6.92 Å². The summed E-state index contributed by atoms with van der Waals surface area (Å²) < 4.78 is 45.5. The lowest BCUT2D eigenvalue weighted by atomic mass is 10.1. The summed E-state index contributed by atoms with van der Waals surface area (Å²) in [5.41, 5.74) is 1.75. The van der Waals surface area contributed by atoms with Gasteiger partial charge >= 0.3 is 6.18 Å². The molecule has 5 rings (SSSR count). The number of hydrogen-bond donors (Lipinski definition) is 0. The number of aromatic nitrogens is 2. The first-order valence-corrected chi connectivity index (χ1v) is 13.8. The van der Waals surface area contributed by atoms with Crippen LogP contribution < -0.4 is 24.2 Å². The molecule has 0 spiro atoms. The van der Waals surface area contributed by atoms with Crippen LogP contribution in [0.4, 0.5) is 18.9 Å². The summed E-state index contributed by atoms with van der Waals surface area (Å²) in [6.45, 7) is 4.55. The molecule has 1 aliphatic rings. The monoisotopic (exact) mass is 546 g/mol. The minimum absolute atomic E-state index is 0.0573. The first-order chi connectivity index (χ1) is 17.2. The average molecular weight is 547 g/mol. The predicted molar refractivity (Wildman–Crippen MR) is 141 cm³/mol. The van der Waals surface area contributed by atoms with E-state index in [2.05, 4.69) is 23.1 Å². The van der Waals surface area contributed by atoms with E-state index in [-0.39, 0.29) is 17.7 Å². The highest BCUT2D eigenvalue weighted by atomic mass is 32.2. The second-order valence-electron chi connectivity index (χ2n) is 8.42. The molecular weight excluding hydrogens is 524 g/mol. The van der Waals surface area contributed by atoms with Crippen LogP contribution in [0.15, 0.2) is 63.7 Å². The second kappa shape index (κ2) is 9.57. The normalized spacial score (nSPS) is 15.6. The fourth-order valence-electron chi connectivity index (χ4n) is 4.21. The molecule has 186 valence electrons. The van der Waals surface area contributed by atoms with Crippen LogP contribution in [0.25, 0.3) is 11.1 Å². The Morgan fingerprint density at radius 2 is 1.92 bits per heavy atom. The van der Waals surface area contributed by atoms with Gasteiger partial charge in [-0.25, -0.2) is 0 Å². The third kappa shape index (κ3) is 4.53. The topological polar surface area (TPSA) is 29.1 Å². The van der Waals surface area contributed by atoms with Crippen molar-refractivity contribution >= 4 is 51.2 Å². The predicted octanol–water partition coefficient (Wildman–Crippen LogP) is 4.79. The number of benzene rings is 2.